The number of benzene rings is 2. The van der Waals surface area contributed by atoms with E-state index in [0.29, 0.717) is 6.04 Å². The number of rotatable bonds is 3. The molecule has 6 nitrogen and oxygen atoms in total. The summed E-state index contributed by atoms with van der Waals surface area (Å²) in [4.78, 5) is 29.7. The summed E-state index contributed by atoms with van der Waals surface area (Å²) >= 11 is 0. The molecule has 2 aliphatic rings. The Morgan fingerprint density at radius 2 is 1.87 bits per heavy atom. The molecule has 0 radical (unpaired) electrons. The summed E-state index contributed by atoms with van der Waals surface area (Å²) in [5.41, 5.74) is 5.53. The van der Waals surface area contributed by atoms with Crippen molar-refractivity contribution in [2.45, 2.75) is 51.1 Å². The number of para-hydroxylation sites is 2. The number of carbonyl (C=O) groups is 1. The fourth-order valence-electron chi connectivity index (χ4n) is 5.40. The molecule has 1 unspecified atom stereocenters. The first-order valence-electron chi connectivity index (χ1n) is 10.9. The monoisotopic (exact) mass is 404 g/mol. The molecule has 1 saturated heterocycles. The number of nitrogens with zero attached hydrogens (tertiary/aromatic N) is 2. The third kappa shape index (κ3) is 3.35. The number of nitrogens with one attached hydrogen (secondary N) is 2. The van der Waals surface area contributed by atoms with Gasteiger partial charge < -0.3 is 10.3 Å². The number of likely N-dealkylation sites (tertiary alicyclic amines) is 1. The lowest BCUT2D eigenvalue weighted by atomic mass is 9.84. The van der Waals surface area contributed by atoms with E-state index in [4.69, 9.17) is 0 Å². The predicted octanol–water partition coefficient (Wildman–Crippen LogP) is 4.00. The molecule has 30 heavy (non-hydrogen) atoms. The smallest absolute Gasteiger partial charge is 0.326 e. The molecular formula is C24H28N4O2. The van der Waals surface area contributed by atoms with Gasteiger partial charge in [0.2, 0.25) is 5.91 Å². The van der Waals surface area contributed by atoms with Gasteiger partial charge in [-0.3, -0.25) is 14.3 Å². The largest absolute Gasteiger partial charge is 0.326 e. The minimum absolute atomic E-state index is 0.00221. The van der Waals surface area contributed by atoms with E-state index in [1.54, 1.807) is 6.92 Å². The van der Waals surface area contributed by atoms with E-state index in [9.17, 15) is 9.59 Å². The Hall–Kier alpha value is -2.86. The van der Waals surface area contributed by atoms with Gasteiger partial charge in [-0.1, -0.05) is 24.3 Å². The van der Waals surface area contributed by atoms with Gasteiger partial charge in [0, 0.05) is 37.8 Å². The summed E-state index contributed by atoms with van der Waals surface area (Å²) in [6.45, 7) is 3.52. The maximum absolute atomic E-state index is 12.6. The van der Waals surface area contributed by atoms with E-state index in [0.717, 1.165) is 61.9 Å². The summed E-state index contributed by atoms with van der Waals surface area (Å²) in [5, 5.41) is 3.01. The van der Waals surface area contributed by atoms with Crippen LogP contribution in [-0.4, -0.2) is 33.4 Å². The van der Waals surface area contributed by atoms with Crippen LogP contribution in [0.15, 0.2) is 47.3 Å². The van der Waals surface area contributed by atoms with E-state index < -0.39 is 0 Å². The average molecular weight is 405 g/mol. The number of hydrogen-bond donors (Lipinski definition) is 2. The van der Waals surface area contributed by atoms with Gasteiger partial charge in [-0.05, 0) is 61.4 Å². The first-order chi connectivity index (χ1) is 14.6. The molecule has 5 rings (SSSR count). The molecule has 156 valence electrons. The highest BCUT2D eigenvalue weighted by Crippen LogP contribution is 2.40. The van der Waals surface area contributed by atoms with Crippen molar-refractivity contribution >= 4 is 22.6 Å². The van der Waals surface area contributed by atoms with Gasteiger partial charge in [-0.2, -0.15) is 0 Å². The molecule has 1 aliphatic carbocycles. The molecule has 1 aromatic heterocycles. The highest BCUT2D eigenvalue weighted by molar-refractivity contribution is 5.89. The molecular weight excluding hydrogens is 376 g/mol. The van der Waals surface area contributed by atoms with Crippen LogP contribution in [0.4, 0.5) is 5.69 Å². The summed E-state index contributed by atoms with van der Waals surface area (Å²) < 4.78 is 1.95. The van der Waals surface area contributed by atoms with Crippen LogP contribution in [0.1, 0.15) is 55.8 Å². The number of piperidine rings is 1. The normalized spacial score (nSPS) is 20.2. The number of aromatic amines is 1. The van der Waals surface area contributed by atoms with Crippen LogP contribution >= 0.6 is 0 Å². The number of H-pyrrole nitrogens is 1. The third-order valence-corrected chi connectivity index (χ3v) is 6.72. The van der Waals surface area contributed by atoms with Crippen LogP contribution < -0.4 is 11.0 Å². The van der Waals surface area contributed by atoms with Gasteiger partial charge in [0.15, 0.2) is 0 Å². The molecule has 0 saturated carbocycles. The summed E-state index contributed by atoms with van der Waals surface area (Å²) in [6.07, 6.45) is 5.24. The van der Waals surface area contributed by atoms with Crippen LogP contribution in [-0.2, 0) is 11.2 Å². The van der Waals surface area contributed by atoms with Crippen molar-refractivity contribution in [3.63, 3.8) is 0 Å². The fourth-order valence-corrected chi connectivity index (χ4v) is 5.40. The number of anilines is 1. The van der Waals surface area contributed by atoms with Crippen molar-refractivity contribution in [2.24, 2.45) is 0 Å². The number of fused-ring (bicyclic) bond motifs is 2. The van der Waals surface area contributed by atoms with Crippen molar-refractivity contribution in [2.75, 3.05) is 18.4 Å². The van der Waals surface area contributed by atoms with Crippen molar-refractivity contribution in [1.82, 2.24) is 14.5 Å². The zero-order chi connectivity index (χ0) is 20.7. The Morgan fingerprint density at radius 3 is 2.67 bits per heavy atom. The molecule has 1 atom stereocenters. The summed E-state index contributed by atoms with van der Waals surface area (Å²) in [6, 6.07) is 14.9. The Kier molecular flexibility index (Phi) is 4.95. The lowest BCUT2D eigenvalue weighted by molar-refractivity contribution is -0.114. The Bertz CT molecular complexity index is 1140. The highest BCUT2D eigenvalue weighted by atomic mass is 16.1. The first-order valence-corrected chi connectivity index (χ1v) is 10.9. The molecule has 3 aromatic rings. The second-order valence-electron chi connectivity index (χ2n) is 8.55. The van der Waals surface area contributed by atoms with Crippen molar-refractivity contribution in [1.29, 1.82) is 0 Å². The van der Waals surface area contributed by atoms with Crippen LogP contribution in [0.25, 0.3) is 11.0 Å². The van der Waals surface area contributed by atoms with Crippen molar-refractivity contribution in [3.8, 4) is 0 Å². The van der Waals surface area contributed by atoms with E-state index in [2.05, 4.69) is 27.3 Å². The minimum atomic E-state index is -0.0180. The lowest BCUT2D eigenvalue weighted by Crippen LogP contribution is -2.40. The molecule has 6 heteroatoms. The number of hydrogen-bond acceptors (Lipinski definition) is 3. The van der Waals surface area contributed by atoms with Crippen molar-refractivity contribution < 1.29 is 4.79 Å². The van der Waals surface area contributed by atoms with Gasteiger partial charge in [0.25, 0.3) is 0 Å². The Morgan fingerprint density at radius 1 is 1.07 bits per heavy atom. The van der Waals surface area contributed by atoms with E-state index in [1.165, 1.54) is 11.1 Å². The fraction of sp³-hybridized carbons (Fsp3) is 0.417. The molecule has 0 spiro atoms. The van der Waals surface area contributed by atoms with Crippen LogP contribution in [0, 0.1) is 0 Å². The van der Waals surface area contributed by atoms with Crippen LogP contribution in [0.5, 0.6) is 0 Å². The van der Waals surface area contributed by atoms with Gasteiger partial charge in [-0.25, -0.2) is 4.79 Å². The summed E-state index contributed by atoms with van der Waals surface area (Å²) in [5.74, 6) is -0.0180. The van der Waals surface area contributed by atoms with Gasteiger partial charge >= 0.3 is 5.69 Å². The lowest BCUT2D eigenvalue weighted by Gasteiger charge is -2.40. The Labute approximate surface area is 175 Å². The second kappa shape index (κ2) is 7.76. The molecule has 2 N–H and O–H groups in total. The third-order valence-electron chi connectivity index (χ3n) is 6.72. The van der Waals surface area contributed by atoms with E-state index in [1.807, 2.05) is 34.9 Å². The highest BCUT2D eigenvalue weighted by Gasteiger charge is 2.31. The number of amides is 1. The van der Waals surface area contributed by atoms with Crippen LogP contribution in [0.3, 0.4) is 0 Å². The quantitative estimate of drug-likeness (QED) is 0.693. The maximum atomic E-state index is 12.6. The summed E-state index contributed by atoms with van der Waals surface area (Å²) in [7, 11) is 0. The Balaban J connectivity index is 1.36. The van der Waals surface area contributed by atoms with E-state index >= 15 is 0 Å². The van der Waals surface area contributed by atoms with Gasteiger partial charge in [0.1, 0.15) is 0 Å². The van der Waals surface area contributed by atoms with Gasteiger partial charge in [-0.15, -0.1) is 0 Å². The molecule has 2 heterocycles. The van der Waals surface area contributed by atoms with E-state index in [-0.39, 0.29) is 17.6 Å². The molecule has 2 aromatic carbocycles. The topological polar surface area (TPSA) is 70.1 Å². The zero-order valence-corrected chi connectivity index (χ0v) is 17.4. The number of carbonyl (C=O) groups excluding carboxylic acids is 1. The molecule has 1 amide bonds. The number of imidazole rings is 1. The molecule has 1 aliphatic heterocycles. The van der Waals surface area contributed by atoms with Crippen molar-refractivity contribution in [3.05, 3.63) is 64.1 Å². The molecule has 1 fully saturated rings. The first kappa shape index (κ1) is 19.1. The predicted molar refractivity (Wildman–Crippen MR) is 119 cm³/mol. The van der Waals surface area contributed by atoms with Gasteiger partial charge in [0.05, 0.1) is 11.0 Å². The average Bonchev–Trinajstić information content (AvgIpc) is 3.09. The zero-order valence-electron chi connectivity index (χ0n) is 17.4. The maximum Gasteiger partial charge on any atom is 0.326 e. The minimum Gasteiger partial charge on any atom is -0.326 e. The SMILES string of the molecule is CC(=O)Nc1cccc2c1CCCC2N1CCC(n2c(=O)[nH]c3ccccc32)CC1. The van der Waals surface area contributed by atoms with Crippen LogP contribution in [0.2, 0.25) is 0 Å². The number of aromatic nitrogens is 2. The molecule has 0 bridgehead atoms. The second-order valence-corrected chi connectivity index (χ2v) is 8.55. The standard InChI is InChI=1S/C24H28N4O2/c1-16(29)25-20-9-4-7-19-18(20)6-5-11-22(19)27-14-12-17(13-15-27)28-23-10-3-2-8-21(23)26-24(28)30/h2-4,7-10,17,22H,5-6,11-15H2,1H3,(H,25,29)(H,26,30).